The van der Waals surface area contributed by atoms with Crippen molar-refractivity contribution in [1.82, 2.24) is 15.0 Å². The summed E-state index contributed by atoms with van der Waals surface area (Å²) in [4.78, 5) is 103. The first kappa shape index (κ1) is 67.0. The number of rotatable bonds is 9. The Morgan fingerprint density at radius 3 is 0.481 bits per heavy atom. The van der Waals surface area contributed by atoms with Crippen molar-refractivity contribution in [2.45, 2.75) is 0 Å². The van der Waals surface area contributed by atoms with Gasteiger partial charge in [-0.2, -0.15) is 0 Å². The Morgan fingerprint density at radius 1 is 0.288 bits per heavy atom. The van der Waals surface area contributed by atoms with E-state index in [1.165, 1.54) is 0 Å². The van der Waals surface area contributed by atoms with Crippen LogP contribution in [-0.4, -0.2) is 68.7 Å². The Balaban J connectivity index is -0.000000109. The van der Waals surface area contributed by atoms with Crippen molar-refractivity contribution in [3.05, 3.63) is 87.3 Å². The van der Waals surface area contributed by atoms with Crippen molar-refractivity contribution in [1.29, 1.82) is 0 Å². The van der Waals surface area contributed by atoms with Gasteiger partial charge in [0.1, 0.15) is 0 Å². The first-order valence-electron chi connectivity index (χ1n) is 10.7. The zero-order valence-corrected chi connectivity index (χ0v) is 42.0. The Kier molecular flexibility index (Phi) is 41.7. The van der Waals surface area contributed by atoms with E-state index in [1.807, 2.05) is 0 Å². The van der Waals surface area contributed by atoms with Crippen LogP contribution in [0.15, 0.2) is 36.4 Å². The maximum atomic E-state index is 10.4. The van der Waals surface area contributed by atoms with Crippen molar-refractivity contribution >= 4 is 53.7 Å². The molecule has 0 saturated carbocycles. The molecule has 0 aliphatic rings. The number of carboxylic acids is 9. The molecule has 0 atom stereocenters. The fraction of sp³-hybridized carbons (Fsp3) is 0. The minimum Gasteiger partial charge on any atom is -0.545 e. The van der Waals surface area contributed by atoms with Crippen LogP contribution < -0.4 is 223 Å². The molecule has 0 N–H and O–H groups in total. The van der Waals surface area contributed by atoms with E-state index >= 15 is 0 Å². The molecule has 21 nitrogen and oxygen atoms in total. The van der Waals surface area contributed by atoms with Gasteiger partial charge in [-0.25, -0.2) is 15.0 Å². The summed E-state index contributed by atoms with van der Waals surface area (Å²) in [6, 6.07) is 3.82. The molecule has 0 spiro atoms. The maximum Gasteiger partial charge on any atom is 3.00 e. The van der Waals surface area contributed by atoms with Gasteiger partial charge in [-0.05, 0) is 36.4 Å². The second-order valence-electron chi connectivity index (χ2n) is 7.47. The topological polar surface area (TPSA) is 400 Å². The van der Waals surface area contributed by atoms with Crippen molar-refractivity contribution in [3.8, 4) is 0 Å². The van der Waals surface area contributed by atoms with Crippen LogP contribution in [0.2, 0.25) is 0 Å². The molecule has 3 aromatic heterocycles. The standard InChI is InChI=1S/3C8H5NO6.Eu.6Na/c3*10-6(11)3-1-4(7(12)13)9-5(2-3)8(14)15;;;;;;;/h3*1-2H,(H,10,11)(H,12,13)(H,14,15);;;;;;;/q;;;+3;6*+1/p-9. The van der Waals surface area contributed by atoms with Crippen LogP contribution in [0.25, 0.3) is 0 Å². The molecule has 0 bridgehead atoms. The Labute approximate surface area is 463 Å². The first-order chi connectivity index (χ1) is 20.7. The maximum absolute atomic E-state index is 10.4. The van der Waals surface area contributed by atoms with Crippen LogP contribution in [0.5, 0.6) is 0 Å². The largest absolute Gasteiger partial charge is 3.00 e. The molecule has 52 heavy (non-hydrogen) atoms. The molecule has 3 rings (SSSR count). The number of carbonyl (C=O) groups is 9. The molecule has 3 aromatic rings. The summed E-state index contributed by atoms with van der Waals surface area (Å²) in [6.07, 6.45) is 0. The van der Waals surface area contributed by atoms with Crippen LogP contribution >= 0.6 is 0 Å². The number of hydrogen-bond acceptors (Lipinski definition) is 21. The van der Waals surface area contributed by atoms with E-state index < -0.39 is 105 Å². The molecule has 28 heteroatoms. The number of nitrogens with zero attached hydrogens (tertiary/aromatic N) is 3. The fourth-order valence-corrected chi connectivity index (χ4v) is 2.57. The van der Waals surface area contributed by atoms with Crippen molar-refractivity contribution in [2.75, 3.05) is 0 Å². The SMILES string of the molecule is O=C([O-])c1cc(C(=O)[O-])nc(C(=O)[O-])c1.O=C([O-])c1cc(C(=O)[O-])nc(C(=O)[O-])c1.O=C([O-])c1cc(C(=O)[O-])nc(C(=O)[O-])c1.[Eu+3].[Na+].[Na+].[Na+].[Na+].[Na+].[Na+]. The predicted molar refractivity (Wildman–Crippen MR) is 112 cm³/mol. The van der Waals surface area contributed by atoms with Gasteiger partial charge in [0.05, 0.1) is 87.9 Å². The summed E-state index contributed by atoms with van der Waals surface area (Å²) in [5.74, 6) is -15.9. The van der Waals surface area contributed by atoms with Crippen molar-refractivity contribution in [2.24, 2.45) is 0 Å². The summed E-state index contributed by atoms with van der Waals surface area (Å²) in [7, 11) is 0. The third-order valence-corrected chi connectivity index (χ3v) is 4.44. The van der Waals surface area contributed by atoms with E-state index in [-0.39, 0.29) is 227 Å². The summed E-state index contributed by atoms with van der Waals surface area (Å²) in [5.41, 5.74) is -6.72. The van der Waals surface area contributed by atoms with Crippen LogP contribution in [0.3, 0.4) is 0 Å². The molecule has 0 aromatic carbocycles. The third-order valence-electron chi connectivity index (χ3n) is 4.44. The van der Waals surface area contributed by atoms with Gasteiger partial charge in [-0.1, -0.05) is 0 Å². The summed E-state index contributed by atoms with van der Waals surface area (Å²) in [6.45, 7) is 0. The molecule has 0 fully saturated rings. The van der Waals surface area contributed by atoms with Crippen molar-refractivity contribution < 1.29 is 316 Å². The van der Waals surface area contributed by atoms with E-state index in [9.17, 15) is 89.1 Å². The number of aromatic carboxylic acids is 9. The van der Waals surface area contributed by atoms with Gasteiger partial charge in [0, 0.05) is 16.7 Å². The molecule has 0 aliphatic carbocycles. The van der Waals surface area contributed by atoms with E-state index in [4.69, 9.17) is 0 Å². The smallest absolute Gasteiger partial charge is 0.545 e. The molecular weight excluding hydrogens is 908 g/mol. The molecule has 0 amide bonds. The van der Waals surface area contributed by atoms with Gasteiger partial charge in [0.15, 0.2) is 0 Å². The van der Waals surface area contributed by atoms with Crippen LogP contribution in [0.4, 0.5) is 0 Å². The van der Waals surface area contributed by atoms with E-state index in [2.05, 4.69) is 15.0 Å². The number of carboxylic acid groups (broad SMARTS) is 9. The summed E-state index contributed by atoms with van der Waals surface area (Å²) in [5, 5.41) is 93.3. The van der Waals surface area contributed by atoms with Crippen molar-refractivity contribution in [3.63, 3.8) is 0 Å². The number of aromatic nitrogens is 3. The zero-order valence-electron chi connectivity index (χ0n) is 27.5. The predicted octanol–water partition coefficient (Wildman–Crippen LogP) is -29.5. The Hall–Kier alpha value is 0.264. The molecule has 0 saturated heterocycles. The van der Waals surface area contributed by atoms with Gasteiger partial charge in [0.2, 0.25) is 0 Å². The van der Waals surface area contributed by atoms with E-state index in [0.29, 0.717) is 36.4 Å². The monoisotopic (exact) mass is 915 g/mol. The number of hydrogen-bond donors (Lipinski definition) is 0. The Morgan fingerprint density at radius 2 is 0.404 bits per heavy atom. The number of carbonyl (C=O) groups excluding carboxylic acids is 9. The minimum atomic E-state index is -1.79. The molecular formula is C24H6EuN3Na6O18. The van der Waals surface area contributed by atoms with Crippen LogP contribution in [0, 0.1) is 49.4 Å². The van der Waals surface area contributed by atoms with Gasteiger partial charge >= 0.3 is 227 Å². The average Bonchev–Trinajstić information content (AvgIpc) is 2.96. The fourth-order valence-electron chi connectivity index (χ4n) is 2.57. The molecule has 0 radical (unpaired) electrons. The Bertz CT molecular complexity index is 1360. The van der Waals surface area contributed by atoms with Gasteiger partial charge in [0.25, 0.3) is 0 Å². The van der Waals surface area contributed by atoms with Gasteiger partial charge < -0.3 is 89.1 Å². The molecule has 0 aliphatic heterocycles. The average molecular weight is 914 g/mol. The summed E-state index contributed by atoms with van der Waals surface area (Å²) >= 11 is 0. The van der Waals surface area contributed by atoms with Crippen LogP contribution in [-0.2, 0) is 0 Å². The minimum absolute atomic E-state index is 0. The summed E-state index contributed by atoms with van der Waals surface area (Å²) < 4.78 is 0. The van der Waals surface area contributed by atoms with Gasteiger partial charge in [-0.3, -0.25) is 0 Å². The zero-order chi connectivity index (χ0) is 34.8. The quantitative estimate of drug-likeness (QED) is 0.180. The third kappa shape index (κ3) is 23.4. The van der Waals surface area contributed by atoms with E-state index in [0.717, 1.165) is 0 Å². The molecule has 0 unspecified atom stereocenters. The number of pyridine rings is 3. The second-order valence-corrected chi connectivity index (χ2v) is 7.47. The van der Waals surface area contributed by atoms with Gasteiger partial charge in [-0.15, -0.1) is 0 Å². The van der Waals surface area contributed by atoms with E-state index in [1.54, 1.807) is 0 Å². The normalized spacial score (nSPS) is 8.31. The molecule has 3 heterocycles. The first-order valence-corrected chi connectivity index (χ1v) is 10.7. The van der Waals surface area contributed by atoms with Crippen LogP contribution in [0.1, 0.15) is 94.0 Å². The second kappa shape index (κ2) is 32.4. The molecule has 238 valence electrons.